The van der Waals surface area contributed by atoms with Crippen LogP contribution in [-0.4, -0.2) is 9.38 Å². The molecular formula is C14H11ClN2O2S. The molecule has 2 heterocycles. The molecule has 1 aromatic carbocycles. The van der Waals surface area contributed by atoms with Crippen LogP contribution < -0.4 is 10.3 Å². The van der Waals surface area contributed by atoms with E-state index < -0.39 is 0 Å². The van der Waals surface area contributed by atoms with Crippen molar-refractivity contribution >= 4 is 27.9 Å². The molecule has 20 heavy (non-hydrogen) atoms. The number of halogens is 1. The van der Waals surface area contributed by atoms with Gasteiger partial charge in [-0.15, -0.1) is 11.3 Å². The molecule has 3 rings (SSSR count). The smallest absolute Gasteiger partial charge is 0.258 e. The first kappa shape index (κ1) is 13.1. The van der Waals surface area contributed by atoms with Gasteiger partial charge in [0.1, 0.15) is 12.4 Å². The van der Waals surface area contributed by atoms with E-state index in [0.717, 1.165) is 5.56 Å². The number of hydrogen-bond donors (Lipinski definition) is 0. The van der Waals surface area contributed by atoms with E-state index in [9.17, 15) is 4.79 Å². The minimum atomic E-state index is -0.106. The molecule has 0 N–H and O–H groups in total. The molecule has 0 unspecified atom stereocenters. The molecule has 102 valence electrons. The summed E-state index contributed by atoms with van der Waals surface area (Å²) < 4.78 is 7.15. The summed E-state index contributed by atoms with van der Waals surface area (Å²) in [5, 5.41) is 2.37. The van der Waals surface area contributed by atoms with Crippen LogP contribution in [0.1, 0.15) is 11.3 Å². The minimum absolute atomic E-state index is 0.106. The van der Waals surface area contributed by atoms with Crippen LogP contribution in [0.4, 0.5) is 0 Å². The standard InChI is InChI=1S/C14H11ClN2O2S/c1-9-2-3-11(15)12(6-9)19-8-10-7-13(18)17-4-5-20-14(17)16-10/h2-7H,8H2,1H3. The zero-order valence-electron chi connectivity index (χ0n) is 10.7. The van der Waals surface area contributed by atoms with Crippen molar-refractivity contribution in [2.45, 2.75) is 13.5 Å². The Morgan fingerprint density at radius 2 is 2.25 bits per heavy atom. The van der Waals surface area contributed by atoms with Crippen LogP contribution in [0.2, 0.25) is 5.02 Å². The van der Waals surface area contributed by atoms with Gasteiger partial charge in [-0.1, -0.05) is 17.7 Å². The van der Waals surface area contributed by atoms with Gasteiger partial charge in [-0.3, -0.25) is 9.20 Å². The summed E-state index contributed by atoms with van der Waals surface area (Å²) in [6.07, 6.45) is 1.71. The molecule has 0 atom stereocenters. The van der Waals surface area contributed by atoms with Gasteiger partial charge in [-0.25, -0.2) is 4.98 Å². The largest absolute Gasteiger partial charge is 0.486 e. The Morgan fingerprint density at radius 3 is 3.10 bits per heavy atom. The zero-order chi connectivity index (χ0) is 14.1. The van der Waals surface area contributed by atoms with E-state index in [-0.39, 0.29) is 12.2 Å². The molecule has 3 aromatic rings. The highest BCUT2D eigenvalue weighted by Gasteiger charge is 2.06. The van der Waals surface area contributed by atoms with Gasteiger partial charge in [0.15, 0.2) is 4.96 Å². The van der Waals surface area contributed by atoms with E-state index in [1.807, 2.05) is 24.4 Å². The summed E-state index contributed by atoms with van der Waals surface area (Å²) in [5.74, 6) is 0.597. The number of aryl methyl sites for hydroxylation is 1. The molecule has 0 amide bonds. The summed E-state index contributed by atoms with van der Waals surface area (Å²) in [5.41, 5.74) is 1.55. The summed E-state index contributed by atoms with van der Waals surface area (Å²) in [6, 6.07) is 7.04. The number of thiazole rings is 1. The second-order valence-electron chi connectivity index (χ2n) is 4.36. The van der Waals surface area contributed by atoms with Gasteiger partial charge in [-0.05, 0) is 24.6 Å². The third kappa shape index (κ3) is 2.55. The maximum atomic E-state index is 11.8. The summed E-state index contributed by atoms with van der Waals surface area (Å²) in [4.78, 5) is 16.9. The van der Waals surface area contributed by atoms with Gasteiger partial charge in [0.05, 0.1) is 10.7 Å². The highest BCUT2D eigenvalue weighted by atomic mass is 35.5. The average Bonchev–Trinajstić information content (AvgIpc) is 2.89. The number of nitrogens with zero attached hydrogens (tertiary/aromatic N) is 2. The van der Waals surface area contributed by atoms with Crippen molar-refractivity contribution in [2.75, 3.05) is 0 Å². The molecule has 0 saturated carbocycles. The molecule has 4 nitrogen and oxygen atoms in total. The highest BCUT2D eigenvalue weighted by Crippen LogP contribution is 2.25. The van der Waals surface area contributed by atoms with Crippen LogP contribution in [0.15, 0.2) is 40.6 Å². The van der Waals surface area contributed by atoms with Gasteiger partial charge in [0, 0.05) is 17.6 Å². The summed E-state index contributed by atoms with van der Waals surface area (Å²) in [6.45, 7) is 2.18. The highest BCUT2D eigenvalue weighted by molar-refractivity contribution is 7.15. The lowest BCUT2D eigenvalue weighted by atomic mass is 10.2. The second kappa shape index (κ2) is 5.26. The molecule has 2 aromatic heterocycles. The average molecular weight is 307 g/mol. The number of aromatic nitrogens is 2. The Hall–Kier alpha value is -1.85. The van der Waals surface area contributed by atoms with Crippen LogP contribution in [0.3, 0.4) is 0 Å². The van der Waals surface area contributed by atoms with Gasteiger partial charge in [0.2, 0.25) is 0 Å². The van der Waals surface area contributed by atoms with Crippen LogP contribution in [0.25, 0.3) is 4.96 Å². The molecule has 0 spiro atoms. The third-order valence-electron chi connectivity index (χ3n) is 2.82. The van der Waals surface area contributed by atoms with E-state index in [1.165, 1.54) is 21.8 Å². The lowest BCUT2D eigenvalue weighted by Crippen LogP contribution is -2.14. The van der Waals surface area contributed by atoms with E-state index in [2.05, 4.69) is 4.98 Å². The molecule has 0 aliphatic rings. The first-order valence-corrected chi connectivity index (χ1v) is 7.24. The van der Waals surface area contributed by atoms with Crippen LogP contribution in [0.5, 0.6) is 5.75 Å². The lowest BCUT2D eigenvalue weighted by Gasteiger charge is -2.08. The molecule has 0 fully saturated rings. The maximum Gasteiger partial charge on any atom is 0.258 e. The topological polar surface area (TPSA) is 43.6 Å². The van der Waals surface area contributed by atoms with Crippen molar-refractivity contribution in [2.24, 2.45) is 0 Å². The Balaban J connectivity index is 1.86. The zero-order valence-corrected chi connectivity index (χ0v) is 12.2. The van der Waals surface area contributed by atoms with Crippen molar-refractivity contribution < 1.29 is 4.74 Å². The number of ether oxygens (including phenoxy) is 1. The fourth-order valence-corrected chi connectivity index (χ4v) is 2.75. The van der Waals surface area contributed by atoms with Crippen molar-refractivity contribution in [1.82, 2.24) is 9.38 Å². The number of benzene rings is 1. The Morgan fingerprint density at radius 1 is 1.40 bits per heavy atom. The minimum Gasteiger partial charge on any atom is -0.486 e. The van der Waals surface area contributed by atoms with E-state index in [1.54, 1.807) is 12.3 Å². The molecule has 0 saturated heterocycles. The first-order chi connectivity index (χ1) is 9.63. The fraction of sp³-hybridized carbons (Fsp3) is 0.143. The molecule has 6 heteroatoms. The third-order valence-corrected chi connectivity index (χ3v) is 3.89. The van der Waals surface area contributed by atoms with Gasteiger partial charge in [0.25, 0.3) is 5.56 Å². The van der Waals surface area contributed by atoms with Crippen molar-refractivity contribution in [1.29, 1.82) is 0 Å². The second-order valence-corrected chi connectivity index (χ2v) is 5.64. The first-order valence-electron chi connectivity index (χ1n) is 5.98. The fourth-order valence-electron chi connectivity index (χ4n) is 1.83. The number of fused-ring (bicyclic) bond motifs is 1. The molecule has 0 aliphatic heterocycles. The van der Waals surface area contributed by atoms with Gasteiger partial charge in [-0.2, -0.15) is 0 Å². The lowest BCUT2D eigenvalue weighted by molar-refractivity contribution is 0.301. The Bertz CT molecular complexity index is 825. The van der Waals surface area contributed by atoms with Gasteiger partial charge >= 0.3 is 0 Å². The Kier molecular flexibility index (Phi) is 3.46. The van der Waals surface area contributed by atoms with Crippen LogP contribution in [0, 0.1) is 6.92 Å². The molecule has 0 bridgehead atoms. The summed E-state index contributed by atoms with van der Waals surface area (Å²) in [7, 11) is 0. The maximum absolute atomic E-state index is 11.8. The van der Waals surface area contributed by atoms with E-state index >= 15 is 0 Å². The van der Waals surface area contributed by atoms with Crippen LogP contribution in [-0.2, 0) is 6.61 Å². The molecule has 0 radical (unpaired) electrons. The van der Waals surface area contributed by atoms with Crippen molar-refractivity contribution in [3.63, 3.8) is 0 Å². The molecule has 0 aliphatic carbocycles. The normalized spacial score (nSPS) is 10.9. The predicted octanol–water partition coefficient (Wildman–Crippen LogP) is 3.30. The molecular weight excluding hydrogens is 296 g/mol. The van der Waals surface area contributed by atoms with Gasteiger partial charge < -0.3 is 4.74 Å². The number of hydrogen-bond acceptors (Lipinski definition) is 4. The SMILES string of the molecule is Cc1ccc(Cl)c(OCc2cc(=O)n3ccsc3n2)c1. The summed E-state index contributed by atoms with van der Waals surface area (Å²) >= 11 is 7.48. The monoisotopic (exact) mass is 306 g/mol. The van der Waals surface area contributed by atoms with Crippen molar-refractivity contribution in [3.05, 3.63) is 62.5 Å². The quantitative estimate of drug-likeness (QED) is 0.746. The van der Waals surface area contributed by atoms with Crippen molar-refractivity contribution in [3.8, 4) is 5.75 Å². The predicted molar refractivity (Wildman–Crippen MR) is 79.9 cm³/mol. The van der Waals surface area contributed by atoms with Crippen LogP contribution >= 0.6 is 22.9 Å². The number of rotatable bonds is 3. The Labute approximate surface area is 124 Å². The van der Waals surface area contributed by atoms with E-state index in [4.69, 9.17) is 16.3 Å². The van der Waals surface area contributed by atoms with E-state index in [0.29, 0.717) is 21.4 Å².